The molecular weight excluding hydrogens is 463 g/mol. The average Bonchev–Trinajstić information content (AvgIpc) is 3.27. The summed E-state index contributed by atoms with van der Waals surface area (Å²) in [5, 5.41) is 15.4. The van der Waals surface area contributed by atoms with Gasteiger partial charge in [-0.1, -0.05) is 18.6 Å². The van der Waals surface area contributed by atoms with E-state index in [-0.39, 0.29) is 30.3 Å². The molecule has 4 rings (SSSR count). The number of hydrogen-bond acceptors (Lipinski definition) is 7. The minimum absolute atomic E-state index is 0.0671. The van der Waals surface area contributed by atoms with Crippen LogP contribution in [0.15, 0.2) is 59.3 Å². The van der Waals surface area contributed by atoms with E-state index in [1.807, 2.05) is 31.3 Å². The van der Waals surface area contributed by atoms with E-state index < -0.39 is 11.7 Å². The van der Waals surface area contributed by atoms with Gasteiger partial charge in [0.15, 0.2) is 0 Å². The number of alkyl halides is 3. The molecule has 10 heteroatoms. The van der Waals surface area contributed by atoms with E-state index in [1.54, 1.807) is 11.9 Å². The second-order valence-corrected chi connectivity index (χ2v) is 9.63. The molecule has 1 saturated carbocycles. The highest BCUT2D eigenvalue weighted by Gasteiger charge is 2.37. The van der Waals surface area contributed by atoms with Gasteiger partial charge in [0.2, 0.25) is 5.95 Å². The lowest BCUT2D eigenvalue weighted by molar-refractivity contribution is -0.137. The van der Waals surface area contributed by atoms with Crippen molar-refractivity contribution in [2.45, 2.75) is 49.2 Å². The molecule has 0 aliphatic heterocycles. The monoisotopic (exact) mass is 491 g/mol. The Morgan fingerprint density at radius 1 is 1.18 bits per heavy atom. The fraction of sp³-hybridized carbons (Fsp3) is 0.417. The number of nitrogens with one attached hydrogen (secondary N) is 2. The van der Waals surface area contributed by atoms with Gasteiger partial charge < -0.3 is 20.0 Å². The molecule has 0 amide bonds. The maximum atomic E-state index is 13.5. The molecule has 2 aliphatic carbocycles. The summed E-state index contributed by atoms with van der Waals surface area (Å²) in [6.45, 7) is -0.0671. The summed E-state index contributed by atoms with van der Waals surface area (Å²) in [5.74, 6) is -0.280. The van der Waals surface area contributed by atoms with Crippen LogP contribution in [0.2, 0.25) is 0 Å². The van der Waals surface area contributed by atoms with Gasteiger partial charge in [-0.15, -0.1) is 0 Å². The maximum Gasteiger partial charge on any atom is 0.421 e. The number of likely N-dealkylation sites (N-methyl/N-ethyl adjacent to an activating group) is 1. The number of aliphatic hydroxyl groups excluding tert-OH is 1. The second-order valence-electron chi connectivity index (χ2n) is 8.42. The summed E-state index contributed by atoms with van der Waals surface area (Å²) in [5.41, 5.74) is 0.911. The molecular formula is C24H28F3N5OS. The van der Waals surface area contributed by atoms with E-state index >= 15 is 0 Å². The number of rotatable bonds is 8. The van der Waals surface area contributed by atoms with Crippen LogP contribution in [-0.4, -0.2) is 39.1 Å². The van der Waals surface area contributed by atoms with Crippen LogP contribution in [0, 0.1) is 5.92 Å². The highest BCUT2D eigenvalue weighted by Crippen LogP contribution is 2.36. The quantitative estimate of drug-likeness (QED) is 0.392. The molecule has 2 atom stereocenters. The third kappa shape index (κ3) is 6.04. The van der Waals surface area contributed by atoms with Gasteiger partial charge >= 0.3 is 6.18 Å². The Kier molecular flexibility index (Phi) is 7.67. The van der Waals surface area contributed by atoms with Crippen molar-refractivity contribution in [1.29, 1.82) is 0 Å². The molecule has 1 aromatic carbocycles. The van der Waals surface area contributed by atoms with Crippen molar-refractivity contribution in [1.82, 2.24) is 14.3 Å². The molecule has 0 spiro atoms. The summed E-state index contributed by atoms with van der Waals surface area (Å²) >= 11 is 1.59. The Morgan fingerprint density at radius 3 is 2.65 bits per heavy atom. The van der Waals surface area contributed by atoms with Crippen LogP contribution in [0.5, 0.6) is 0 Å². The first-order valence-corrected chi connectivity index (χ1v) is 12.1. The van der Waals surface area contributed by atoms with Crippen molar-refractivity contribution >= 4 is 29.4 Å². The molecule has 0 radical (unpaired) electrons. The molecule has 2 aromatic rings. The van der Waals surface area contributed by atoms with Crippen LogP contribution in [0.3, 0.4) is 0 Å². The van der Waals surface area contributed by atoms with E-state index in [4.69, 9.17) is 0 Å². The number of aromatic nitrogens is 2. The van der Waals surface area contributed by atoms with Crippen molar-refractivity contribution in [2.24, 2.45) is 5.92 Å². The fourth-order valence-corrected chi connectivity index (χ4v) is 4.97. The fourth-order valence-electron chi connectivity index (χ4n) is 4.15. The lowest BCUT2D eigenvalue weighted by Crippen LogP contribution is -2.28. The van der Waals surface area contributed by atoms with Crippen molar-refractivity contribution in [3.05, 3.63) is 60.0 Å². The van der Waals surface area contributed by atoms with Gasteiger partial charge in [-0.05, 0) is 68.0 Å². The SMILES string of the molecule is CN(Sc1ccc(Nc2ncc(C(F)(F)F)c(NC3CCCC3CO)n2)cc1)C1=CCCC=C1. The standard InChI is InChI=1S/C24H28F3N5OS/c1-32(18-7-3-2-4-8-18)34-19-12-10-17(11-13-19)29-23-28-14-20(24(25,26)27)22(31-23)30-21-9-5-6-16(21)15-33/h3,7-8,10-14,16,21,33H,2,4-6,9,15H2,1H3,(H2,28,29,30,31). The predicted octanol–water partition coefficient (Wildman–Crippen LogP) is 5.98. The molecule has 34 heavy (non-hydrogen) atoms. The Balaban J connectivity index is 1.46. The lowest BCUT2D eigenvalue weighted by Gasteiger charge is -2.22. The van der Waals surface area contributed by atoms with Crippen LogP contribution >= 0.6 is 11.9 Å². The number of nitrogens with zero attached hydrogens (tertiary/aromatic N) is 3. The number of benzene rings is 1. The summed E-state index contributed by atoms with van der Waals surface area (Å²) in [6, 6.07) is 7.30. The molecule has 1 fully saturated rings. The molecule has 3 N–H and O–H groups in total. The molecule has 1 heterocycles. The molecule has 1 aromatic heterocycles. The van der Waals surface area contributed by atoms with Gasteiger partial charge in [-0.3, -0.25) is 0 Å². The lowest BCUT2D eigenvalue weighted by atomic mass is 10.0. The van der Waals surface area contributed by atoms with Crippen LogP contribution in [0.25, 0.3) is 0 Å². The average molecular weight is 492 g/mol. The first-order chi connectivity index (χ1) is 16.3. The van der Waals surface area contributed by atoms with Crippen molar-refractivity contribution in [3.8, 4) is 0 Å². The summed E-state index contributed by atoms with van der Waals surface area (Å²) < 4.78 is 42.7. The van der Waals surface area contributed by atoms with Crippen LogP contribution in [-0.2, 0) is 6.18 Å². The molecule has 2 unspecified atom stereocenters. The first kappa shape index (κ1) is 24.4. The minimum atomic E-state index is -4.58. The number of halogens is 3. The van der Waals surface area contributed by atoms with E-state index in [9.17, 15) is 18.3 Å². The Bertz CT molecular complexity index is 1040. The summed E-state index contributed by atoms with van der Waals surface area (Å²) in [6.07, 6.45) is 7.09. The Hall–Kier alpha value is -2.72. The largest absolute Gasteiger partial charge is 0.421 e. The third-order valence-electron chi connectivity index (χ3n) is 6.00. The van der Waals surface area contributed by atoms with Gasteiger partial charge in [0.25, 0.3) is 0 Å². The van der Waals surface area contributed by atoms with E-state index in [0.717, 1.165) is 42.5 Å². The predicted molar refractivity (Wildman–Crippen MR) is 129 cm³/mol. The first-order valence-electron chi connectivity index (χ1n) is 11.3. The Morgan fingerprint density at radius 2 is 1.97 bits per heavy atom. The van der Waals surface area contributed by atoms with Gasteiger partial charge in [0, 0.05) is 48.1 Å². The number of allylic oxidation sites excluding steroid dienone is 3. The van der Waals surface area contributed by atoms with Crippen LogP contribution in [0.4, 0.5) is 30.6 Å². The molecule has 2 aliphatic rings. The van der Waals surface area contributed by atoms with Crippen LogP contribution in [0.1, 0.15) is 37.7 Å². The van der Waals surface area contributed by atoms with E-state index in [0.29, 0.717) is 12.1 Å². The third-order valence-corrected chi connectivity index (χ3v) is 6.97. The summed E-state index contributed by atoms with van der Waals surface area (Å²) in [7, 11) is 2.01. The maximum absolute atomic E-state index is 13.5. The van der Waals surface area contributed by atoms with Gasteiger partial charge in [0.05, 0.1) is 0 Å². The van der Waals surface area contributed by atoms with Crippen LogP contribution < -0.4 is 10.6 Å². The normalized spacial score (nSPS) is 20.2. The van der Waals surface area contributed by atoms with E-state index in [1.165, 1.54) is 0 Å². The van der Waals surface area contributed by atoms with Gasteiger partial charge in [-0.2, -0.15) is 18.2 Å². The highest BCUT2D eigenvalue weighted by atomic mass is 32.2. The zero-order valence-electron chi connectivity index (χ0n) is 18.8. The molecule has 6 nitrogen and oxygen atoms in total. The number of hydrogen-bond donors (Lipinski definition) is 3. The van der Waals surface area contributed by atoms with Crippen molar-refractivity contribution in [3.63, 3.8) is 0 Å². The molecule has 182 valence electrons. The van der Waals surface area contributed by atoms with Crippen molar-refractivity contribution in [2.75, 3.05) is 24.3 Å². The van der Waals surface area contributed by atoms with E-state index in [2.05, 4.69) is 43.1 Å². The van der Waals surface area contributed by atoms with Gasteiger partial charge in [0.1, 0.15) is 11.4 Å². The topological polar surface area (TPSA) is 73.3 Å². The second kappa shape index (κ2) is 10.7. The minimum Gasteiger partial charge on any atom is -0.396 e. The van der Waals surface area contributed by atoms with Crippen molar-refractivity contribution < 1.29 is 18.3 Å². The zero-order chi connectivity index (χ0) is 24.1. The zero-order valence-corrected chi connectivity index (χ0v) is 19.7. The molecule has 0 bridgehead atoms. The molecule has 0 saturated heterocycles. The smallest absolute Gasteiger partial charge is 0.396 e. The number of aliphatic hydroxyl groups is 1. The van der Waals surface area contributed by atoms with Gasteiger partial charge in [-0.25, -0.2) is 4.98 Å². The number of anilines is 3. The highest BCUT2D eigenvalue weighted by molar-refractivity contribution is 7.97. The Labute approximate surface area is 201 Å². The summed E-state index contributed by atoms with van der Waals surface area (Å²) in [4.78, 5) is 9.05.